The first kappa shape index (κ1) is 13.6. The lowest BCUT2D eigenvalue weighted by Gasteiger charge is -2.26. The Balaban J connectivity index is 3.00. The number of benzene rings is 1. The molecule has 0 bridgehead atoms. The molecule has 0 aromatic heterocycles. The van der Waals surface area contributed by atoms with E-state index in [1.807, 2.05) is 6.92 Å². The molecule has 0 aliphatic rings. The van der Waals surface area contributed by atoms with E-state index in [9.17, 15) is 9.18 Å². The average molecular weight is 238 g/mol. The first-order valence-electron chi connectivity index (χ1n) is 5.80. The number of rotatable bonds is 4. The molecule has 2 atom stereocenters. The Kier molecular flexibility index (Phi) is 4.63. The zero-order chi connectivity index (χ0) is 13.0. The SMILES string of the molecule is CCN(C(=O)C(C)C(C)N)c1ccccc1F. The van der Waals surface area contributed by atoms with Gasteiger partial charge in [0.15, 0.2) is 0 Å². The van der Waals surface area contributed by atoms with E-state index in [-0.39, 0.29) is 23.7 Å². The van der Waals surface area contributed by atoms with Gasteiger partial charge in [-0.25, -0.2) is 4.39 Å². The van der Waals surface area contributed by atoms with Gasteiger partial charge in [0.25, 0.3) is 0 Å². The van der Waals surface area contributed by atoms with Crippen molar-refractivity contribution in [3.63, 3.8) is 0 Å². The van der Waals surface area contributed by atoms with E-state index in [2.05, 4.69) is 0 Å². The number of anilines is 1. The Morgan fingerprint density at radius 3 is 2.47 bits per heavy atom. The van der Waals surface area contributed by atoms with Crippen molar-refractivity contribution in [2.45, 2.75) is 26.8 Å². The fourth-order valence-corrected chi connectivity index (χ4v) is 1.59. The summed E-state index contributed by atoms with van der Waals surface area (Å²) in [6.45, 7) is 5.78. The number of para-hydroxylation sites is 1. The highest BCUT2D eigenvalue weighted by Crippen LogP contribution is 2.21. The van der Waals surface area contributed by atoms with Crippen LogP contribution in [0.2, 0.25) is 0 Å². The van der Waals surface area contributed by atoms with Gasteiger partial charge in [-0.1, -0.05) is 19.1 Å². The van der Waals surface area contributed by atoms with Crippen LogP contribution in [-0.2, 0) is 4.79 Å². The molecule has 94 valence electrons. The molecule has 3 nitrogen and oxygen atoms in total. The summed E-state index contributed by atoms with van der Waals surface area (Å²) < 4.78 is 13.6. The zero-order valence-corrected chi connectivity index (χ0v) is 10.5. The highest BCUT2D eigenvalue weighted by Gasteiger charge is 2.24. The summed E-state index contributed by atoms with van der Waals surface area (Å²) in [5.41, 5.74) is 6.02. The van der Waals surface area contributed by atoms with Gasteiger partial charge in [0.1, 0.15) is 5.82 Å². The lowest BCUT2D eigenvalue weighted by atomic mass is 10.0. The van der Waals surface area contributed by atoms with Crippen LogP contribution < -0.4 is 10.6 Å². The minimum absolute atomic E-state index is 0.146. The van der Waals surface area contributed by atoms with Crippen LogP contribution in [0.5, 0.6) is 0 Å². The maximum atomic E-state index is 13.6. The fourth-order valence-electron chi connectivity index (χ4n) is 1.59. The topological polar surface area (TPSA) is 46.3 Å². The molecule has 0 saturated heterocycles. The van der Waals surface area contributed by atoms with Crippen molar-refractivity contribution < 1.29 is 9.18 Å². The molecule has 0 heterocycles. The molecule has 2 N–H and O–H groups in total. The largest absolute Gasteiger partial charge is 0.327 e. The summed E-state index contributed by atoms with van der Waals surface area (Å²) in [5.74, 6) is -0.860. The van der Waals surface area contributed by atoms with Crippen LogP contribution in [0.25, 0.3) is 0 Å². The van der Waals surface area contributed by atoms with Crippen LogP contribution in [0.4, 0.5) is 10.1 Å². The van der Waals surface area contributed by atoms with Crippen molar-refractivity contribution >= 4 is 11.6 Å². The number of halogens is 1. The second-order valence-corrected chi connectivity index (χ2v) is 4.18. The number of hydrogen-bond acceptors (Lipinski definition) is 2. The molecule has 0 aliphatic carbocycles. The summed E-state index contributed by atoms with van der Waals surface area (Å²) in [4.78, 5) is 13.6. The Labute approximate surface area is 101 Å². The fraction of sp³-hybridized carbons (Fsp3) is 0.462. The lowest BCUT2D eigenvalue weighted by molar-refractivity contribution is -0.122. The molecular formula is C13H19FN2O. The molecule has 0 spiro atoms. The predicted octanol–water partition coefficient (Wildman–Crippen LogP) is 2.16. The number of carbonyl (C=O) groups is 1. The first-order chi connectivity index (χ1) is 7.99. The summed E-state index contributed by atoms with van der Waals surface area (Å²) in [6.07, 6.45) is 0. The molecule has 2 unspecified atom stereocenters. The molecule has 1 aromatic rings. The standard InChI is InChI=1S/C13H19FN2O/c1-4-16(13(17)9(2)10(3)15)12-8-6-5-7-11(12)14/h5-10H,4,15H2,1-3H3. The van der Waals surface area contributed by atoms with Gasteiger partial charge in [0, 0.05) is 12.6 Å². The second-order valence-electron chi connectivity index (χ2n) is 4.18. The van der Waals surface area contributed by atoms with E-state index in [1.54, 1.807) is 32.0 Å². The van der Waals surface area contributed by atoms with E-state index in [0.717, 1.165) is 0 Å². The highest BCUT2D eigenvalue weighted by molar-refractivity contribution is 5.95. The summed E-state index contributed by atoms with van der Waals surface area (Å²) >= 11 is 0. The molecule has 17 heavy (non-hydrogen) atoms. The van der Waals surface area contributed by atoms with Crippen molar-refractivity contribution in [3.8, 4) is 0 Å². The van der Waals surface area contributed by atoms with Crippen molar-refractivity contribution in [1.29, 1.82) is 0 Å². The monoisotopic (exact) mass is 238 g/mol. The Hall–Kier alpha value is -1.42. The molecule has 1 amide bonds. The first-order valence-corrected chi connectivity index (χ1v) is 5.80. The van der Waals surface area contributed by atoms with Crippen molar-refractivity contribution in [2.75, 3.05) is 11.4 Å². The van der Waals surface area contributed by atoms with E-state index in [4.69, 9.17) is 5.73 Å². The van der Waals surface area contributed by atoms with Gasteiger partial charge < -0.3 is 10.6 Å². The Morgan fingerprint density at radius 2 is 2.00 bits per heavy atom. The Bertz CT molecular complexity index is 393. The van der Waals surface area contributed by atoms with E-state index < -0.39 is 0 Å². The van der Waals surface area contributed by atoms with Crippen molar-refractivity contribution in [1.82, 2.24) is 0 Å². The van der Waals surface area contributed by atoms with Crippen molar-refractivity contribution in [3.05, 3.63) is 30.1 Å². The molecule has 0 saturated carbocycles. The van der Waals surface area contributed by atoms with Gasteiger partial charge in [-0.15, -0.1) is 0 Å². The number of carbonyl (C=O) groups excluding carboxylic acids is 1. The van der Waals surface area contributed by atoms with Crippen LogP contribution in [0.1, 0.15) is 20.8 Å². The quantitative estimate of drug-likeness (QED) is 0.873. The van der Waals surface area contributed by atoms with Gasteiger partial charge in [-0.05, 0) is 26.0 Å². The minimum Gasteiger partial charge on any atom is -0.327 e. The van der Waals surface area contributed by atoms with Gasteiger partial charge in [0.2, 0.25) is 5.91 Å². The summed E-state index contributed by atoms with van der Waals surface area (Å²) in [5, 5.41) is 0. The molecule has 1 rings (SSSR count). The number of nitrogens with zero attached hydrogens (tertiary/aromatic N) is 1. The van der Waals surface area contributed by atoms with E-state index in [0.29, 0.717) is 12.2 Å². The van der Waals surface area contributed by atoms with Gasteiger partial charge in [-0.2, -0.15) is 0 Å². The second kappa shape index (κ2) is 5.77. The lowest BCUT2D eigenvalue weighted by Crippen LogP contribution is -2.42. The average Bonchev–Trinajstić information content (AvgIpc) is 2.31. The van der Waals surface area contributed by atoms with Crippen molar-refractivity contribution in [2.24, 2.45) is 11.7 Å². The normalized spacial score (nSPS) is 14.2. The van der Waals surface area contributed by atoms with Gasteiger partial charge >= 0.3 is 0 Å². The van der Waals surface area contributed by atoms with Crippen LogP contribution in [0.15, 0.2) is 24.3 Å². The predicted molar refractivity (Wildman–Crippen MR) is 67.2 cm³/mol. The van der Waals surface area contributed by atoms with Gasteiger partial charge in [0.05, 0.1) is 11.6 Å². The van der Waals surface area contributed by atoms with Gasteiger partial charge in [-0.3, -0.25) is 4.79 Å². The van der Waals surface area contributed by atoms with E-state index >= 15 is 0 Å². The summed E-state index contributed by atoms with van der Waals surface area (Å²) in [7, 11) is 0. The van der Waals surface area contributed by atoms with E-state index in [1.165, 1.54) is 11.0 Å². The zero-order valence-electron chi connectivity index (χ0n) is 10.5. The van der Waals surface area contributed by atoms with Crippen LogP contribution in [0.3, 0.4) is 0 Å². The molecular weight excluding hydrogens is 219 g/mol. The van der Waals surface area contributed by atoms with Crippen LogP contribution >= 0.6 is 0 Å². The molecule has 0 fully saturated rings. The molecule has 1 aromatic carbocycles. The molecule has 0 aliphatic heterocycles. The molecule has 4 heteroatoms. The summed E-state index contributed by atoms with van der Waals surface area (Å²) in [6, 6.07) is 6.02. The van der Waals surface area contributed by atoms with Crippen LogP contribution in [0, 0.1) is 11.7 Å². The smallest absolute Gasteiger partial charge is 0.231 e. The maximum absolute atomic E-state index is 13.6. The maximum Gasteiger partial charge on any atom is 0.231 e. The third kappa shape index (κ3) is 3.03. The Morgan fingerprint density at radius 1 is 1.41 bits per heavy atom. The third-order valence-corrected chi connectivity index (χ3v) is 2.90. The number of nitrogens with two attached hydrogens (primary N) is 1. The van der Waals surface area contributed by atoms with Crippen LogP contribution in [-0.4, -0.2) is 18.5 Å². The molecule has 0 radical (unpaired) electrons. The highest BCUT2D eigenvalue weighted by atomic mass is 19.1. The minimum atomic E-state index is -0.389. The number of hydrogen-bond donors (Lipinski definition) is 1. The third-order valence-electron chi connectivity index (χ3n) is 2.90. The number of amides is 1.